The third kappa shape index (κ3) is 4.15. The Bertz CT molecular complexity index is 421. The van der Waals surface area contributed by atoms with E-state index in [-0.39, 0.29) is 11.4 Å². The topological polar surface area (TPSA) is 77.7 Å². The van der Waals surface area contributed by atoms with Gasteiger partial charge >= 0.3 is 5.69 Å². The fourth-order valence-electron chi connectivity index (χ4n) is 1.93. The highest BCUT2D eigenvalue weighted by Gasteiger charge is 2.14. The maximum absolute atomic E-state index is 10.8. The molecule has 1 aromatic heterocycles. The predicted octanol–water partition coefficient (Wildman–Crippen LogP) is 1.09. The van der Waals surface area contributed by atoms with E-state index >= 15 is 0 Å². The molecule has 1 saturated heterocycles. The van der Waals surface area contributed by atoms with Gasteiger partial charge in [-0.1, -0.05) is 0 Å². The number of morpholine rings is 1. The minimum atomic E-state index is -0.459. The molecule has 0 saturated carbocycles. The summed E-state index contributed by atoms with van der Waals surface area (Å²) < 4.78 is 10.7. The zero-order valence-corrected chi connectivity index (χ0v) is 10.7. The van der Waals surface area contributed by atoms with Crippen LogP contribution in [0.2, 0.25) is 0 Å². The van der Waals surface area contributed by atoms with Crippen molar-refractivity contribution < 1.29 is 14.4 Å². The Morgan fingerprint density at radius 2 is 2.26 bits per heavy atom. The second-order valence-corrected chi connectivity index (χ2v) is 4.26. The molecule has 7 heteroatoms. The molecule has 1 aliphatic rings. The summed E-state index contributed by atoms with van der Waals surface area (Å²) in [5.41, 5.74) is -0.0404. The number of hydrogen-bond acceptors (Lipinski definition) is 6. The first-order valence-electron chi connectivity index (χ1n) is 6.28. The number of pyridine rings is 1. The summed E-state index contributed by atoms with van der Waals surface area (Å²) in [6.45, 7) is 4.78. The van der Waals surface area contributed by atoms with Crippen LogP contribution in [0.1, 0.15) is 6.42 Å². The lowest BCUT2D eigenvalue weighted by atomic mass is 10.3. The van der Waals surface area contributed by atoms with Crippen molar-refractivity contribution >= 4 is 5.69 Å². The number of nitrogens with zero attached hydrogens (tertiary/aromatic N) is 3. The molecule has 0 bridgehead atoms. The molecule has 0 amide bonds. The molecular weight excluding hydrogens is 250 g/mol. The Labute approximate surface area is 111 Å². The van der Waals surface area contributed by atoms with E-state index in [1.807, 2.05) is 0 Å². The van der Waals surface area contributed by atoms with Crippen LogP contribution in [0.4, 0.5) is 5.69 Å². The highest BCUT2D eigenvalue weighted by Crippen LogP contribution is 2.24. The van der Waals surface area contributed by atoms with Gasteiger partial charge in [0.1, 0.15) is 0 Å². The lowest BCUT2D eigenvalue weighted by Gasteiger charge is -2.26. The van der Waals surface area contributed by atoms with E-state index in [1.54, 1.807) is 0 Å². The molecule has 2 rings (SSSR count). The van der Waals surface area contributed by atoms with Crippen LogP contribution in [-0.2, 0) is 4.74 Å². The highest BCUT2D eigenvalue weighted by molar-refractivity contribution is 5.43. The van der Waals surface area contributed by atoms with E-state index in [9.17, 15) is 10.1 Å². The van der Waals surface area contributed by atoms with E-state index in [0.717, 1.165) is 39.3 Å². The summed E-state index contributed by atoms with van der Waals surface area (Å²) in [6, 6.07) is 1.34. The molecule has 1 aliphatic heterocycles. The number of aromatic nitrogens is 1. The van der Waals surface area contributed by atoms with Crippen molar-refractivity contribution in [2.45, 2.75) is 6.42 Å². The molecule has 1 fully saturated rings. The Balaban J connectivity index is 1.74. The molecule has 0 spiro atoms. The van der Waals surface area contributed by atoms with Gasteiger partial charge in [0.15, 0.2) is 0 Å². The van der Waals surface area contributed by atoms with Gasteiger partial charge in [-0.2, -0.15) is 0 Å². The van der Waals surface area contributed by atoms with Crippen LogP contribution in [0, 0.1) is 10.1 Å². The number of hydrogen-bond donors (Lipinski definition) is 0. The molecule has 19 heavy (non-hydrogen) atoms. The first kappa shape index (κ1) is 13.7. The molecule has 0 aromatic carbocycles. The second kappa shape index (κ2) is 7.01. The summed E-state index contributed by atoms with van der Waals surface area (Å²) in [5.74, 6) is 0.231. The average molecular weight is 267 g/mol. The minimum Gasteiger partial charge on any atom is -0.486 e. The predicted molar refractivity (Wildman–Crippen MR) is 68.3 cm³/mol. The van der Waals surface area contributed by atoms with Gasteiger partial charge in [0.2, 0.25) is 5.75 Å². The van der Waals surface area contributed by atoms with Crippen LogP contribution < -0.4 is 4.74 Å². The number of ether oxygens (including phenoxy) is 2. The van der Waals surface area contributed by atoms with Crippen molar-refractivity contribution in [2.75, 3.05) is 39.5 Å². The lowest BCUT2D eigenvalue weighted by molar-refractivity contribution is -0.386. The van der Waals surface area contributed by atoms with Crippen molar-refractivity contribution in [3.8, 4) is 5.75 Å². The maximum atomic E-state index is 10.8. The van der Waals surface area contributed by atoms with Crippen LogP contribution in [0.15, 0.2) is 18.5 Å². The van der Waals surface area contributed by atoms with E-state index in [4.69, 9.17) is 9.47 Å². The SMILES string of the molecule is O=[N+]([O-])c1ccncc1OCCCN1CCOCC1. The fourth-order valence-corrected chi connectivity index (χ4v) is 1.93. The molecule has 0 aliphatic carbocycles. The molecule has 104 valence electrons. The normalized spacial score (nSPS) is 16.2. The lowest BCUT2D eigenvalue weighted by Crippen LogP contribution is -2.37. The van der Waals surface area contributed by atoms with E-state index in [0.29, 0.717) is 6.61 Å². The summed E-state index contributed by atoms with van der Waals surface area (Å²) in [5, 5.41) is 10.8. The Morgan fingerprint density at radius 1 is 1.47 bits per heavy atom. The van der Waals surface area contributed by atoms with Crippen LogP contribution in [0.3, 0.4) is 0 Å². The first-order chi connectivity index (χ1) is 9.27. The van der Waals surface area contributed by atoms with Gasteiger partial charge in [-0.15, -0.1) is 0 Å². The monoisotopic (exact) mass is 267 g/mol. The molecule has 7 nitrogen and oxygen atoms in total. The summed E-state index contributed by atoms with van der Waals surface area (Å²) in [6.07, 6.45) is 3.59. The van der Waals surface area contributed by atoms with Gasteiger partial charge < -0.3 is 9.47 Å². The largest absolute Gasteiger partial charge is 0.486 e. The quantitative estimate of drug-likeness (QED) is 0.436. The van der Waals surface area contributed by atoms with Gasteiger partial charge in [-0.25, -0.2) is 0 Å². The molecule has 0 N–H and O–H groups in total. The van der Waals surface area contributed by atoms with Crippen molar-refractivity contribution in [1.82, 2.24) is 9.88 Å². The highest BCUT2D eigenvalue weighted by atomic mass is 16.6. The zero-order chi connectivity index (χ0) is 13.5. The Kier molecular flexibility index (Phi) is 5.05. The van der Waals surface area contributed by atoms with Crippen molar-refractivity contribution in [3.05, 3.63) is 28.6 Å². The fraction of sp³-hybridized carbons (Fsp3) is 0.583. The first-order valence-corrected chi connectivity index (χ1v) is 6.28. The maximum Gasteiger partial charge on any atom is 0.314 e. The van der Waals surface area contributed by atoms with Crippen molar-refractivity contribution in [2.24, 2.45) is 0 Å². The second-order valence-electron chi connectivity index (χ2n) is 4.26. The van der Waals surface area contributed by atoms with Crippen molar-refractivity contribution in [3.63, 3.8) is 0 Å². The number of rotatable bonds is 6. The van der Waals surface area contributed by atoms with Crippen LogP contribution in [0.25, 0.3) is 0 Å². The molecule has 0 radical (unpaired) electrons. The van der Waals surface area contributed by atoms with Gasteiger partial charge in [-0.05, 0) is 6.42 Å². The van der Waals surface area contributed by atoms with Crippen LogP contribution in [-0.4, -0.2) is 54.3 Å². The molecule has 1 aromatic rings. The molecule has 0 atom stereocenters. The van der Waals surface area contributed by atoms with E-state index in [2.05, 4.69) is 9.88 Å². The molecule has 0 unspecified atom stereocenters. The van der Waals surface area contributed by atoms with Crippen LogP contribution in [0.5, 0.6) is 5.75 Å². The standard InChI is InChI=1S/C12H17N3O4/c16-15(17)11-2-3-13-10-12(11)19-7-1-4-14-5-8-18-9-6-14/h2-3,10H,1,4-9H2. The van der Waals surface area contributed by atoms with Gasteiger partial charge in [0, 0.05) is 31.9 Å². The van der Waals surface area contributed by atoms with Gasteiger partial charge in [0.05, 0.1) is 30.9 Å². The minimum absolute atomic E-state index is 0.0404. The zero-order valence-electron chi connectivity index (χ0n) is 10.7. The summed E-state index contributed by atoms with van der Waals surface area (Å²) in [7, 11) is 0. The summed E-state index contributed by atoms with van der Waals surface area (Å²) in [4.78, 5) is 16.5. The van der Waals surface area contributed by atoms with Gasteiger partial charge in [-0.3, -0.25) is 20.0 Å². The van der Waals surface area contributed by atoms with Crippen molar-refractivity contribution in [1.29, 1.82) is 0 Å². The third-order valence-corrected chi connectivity index (χ3v) is 2.94. The average Bonchev–Trinajstić information content (AvgIpc) is 2.45. The van der Waals surface area contributed by atoms with Gasteiger partial charge in [0.25, 0.3) is 0 Å². The van der Waals surface area contributed by atoms with E-state index < -0.39 is 4.92 Å². The molecular formula is C12H17N3O4. The Hall–Kier alpha value is -1.73. The smallest absolute Gasteiger partial charge is 0.314 e. The van der Waals surface area contributed by atoms with E-state index in [1.165, 1.54) is 18.5 Å². The summed E-state index contributed by atoms with van der Waals surface area (Å²) >= 11 is 0. The third-order valence-electron chi connectivity index (χ3n) is 2.94. The van der Waals surface area contributed by atoms with Crippen LogP contribution >= 0.6 is 0 Å². The Morgan fingerprint density at radius 3 is 3.00 bits per heavy atom. The molecule has 2 heterocycles. The number of nitro groups is 1.